The van der Waals surface area contributed by atoms with E-state index in [4.69, 9.17) is 4.74 Å². The second-order valence-corrected chi connectivity index (χ2v) is 8.02. The number of nitrogens with zero attached hydrogens (tertiary/aromatic N) is 4. The van der Waals surface area contributed by atoms with Crippen LogP contribution in [0.15, 0.2) is 59.8 Å². The zero-order valence-electron chi connectivity index (χ0n) is 16.5. The molecule has 0 aliphatic carbocycles. The minimum atomic E-state index is 0.0958. The molecule has 2 atom stereocenters. The molecule has 6 heteroatoms. The quantitative estimate of drug-likeness (QED) is 0.688. The maximum atomic E-state index is 12.8. The van der Waals surface area contributed by atoms with Gasteiger partial charge < -0.3 is 9.30 Å². The van der Waals surface area contributed by atoms with E-state index < -0.39 is 0 Å². The van der Waals surface area contributed by atoms with E-state index in [0.29, 0.717) is 17.7 Å². The van der Waals surface area contributed by atoms with Crippen LogP contribution >= 0.6 is 0 Å². The smallest absolute Gasteiger partial charge is 0.251 e. The highest BCUT2D eigenvalue weighted by Crippen LogP contribution is 2.37. The SMILES string of the molecule is COc1ncccc1CN1C[C@@H]2C[C@H](C1)c1cc(-c3cccnc3)cc(=O)n1C2. The van der Waals surface area contributed by atoms with Crippen LogP contribution in [0.3, 0.4) is 0 Å². The Hall–Kier alpha value is -2.99. The van der Waals surface area contributed by atoms with Crippen LogP contribution in [-0.2, 0) is 13.1 Å². The number of methoxy groups -OCH3 is 1. The van der Waals surface area contributed by atoms with Gasteiger partial charge in [0.2, 0.25) is 5.88 Å². The van der Waals surface area contributed by atoms with Gasteiger partial charge in [0.25, 0.3) is 5.56 Å². The molecule has 0 unspecified atom stereocenters. The maximum Gasteiger partial charge on any atom is 0.251 e. The summed E-state index contributed by atoms with van der Waals surface area (Å²) in [5.74, 6) is 1.54. The molecule has 148 valence electrons. The van der Waals surface area contributed by atoms with E-state index in [2.05, 4.69) is 27.0 Å². The normalized spacial score (nSPS) is 20.9. The van der Waals surface area contributed by atoms with E-state index in [-0.39, 0.29) is 5.56 Å². The monoisotopic (exact) mass is 388 g/mol. The van der Waals surface area contributed by atoms with Crippen LogP contribution in [0.25, 0.3) is 11.1 Å². The Bertz CT molecular complexity index is 1080. The Morgan fingerprint density at radius 3 is 2.83 bits per heavy atom. The van der Waals surface area contributed by atoms with Crippen molar-refractivity contribution in [2.24, 2.45) is 5.92 Å². The standard InChI is InChI=1S/C23H24N4O2/c1-29-23-18(5-3-7-25-23)14-26-12-16-8-20(15-26)21-9-19(10-22(28)27(21)13-16)17-4-2-6-24-11-17/h2-7,9-11,16,20H,8,12-15H2,1H3/t16-,20+/m0/s1. The second-order valence-electron chi connectivity index (χ2n) is 8.02. The van der Waals surface area contributed by atoms with E-state index in [0.717, 1.165) is 55.0 Å². The molecular formula is C23H24N4O2. The van der Waals surface area contributed by atoms with E-state index in [1.807, 2.05) is 29.0 Å². The lowest BCUT2D eigenvalue weighted by Crippen LogP contribution is -2.46. The molecule has 3 aromatic rings. The largest absolute Gasteiger partial charge is 0.481 e. The van der Waals surface area contributed by atoms with Gasteiger partial charge in [0, 0.05) is 73.6 Å². The summed E-state index contributed by atoms with van der Waals surface area (Å²) >= 11 is 0. The van der Waals surface area contributed by atoms with Crippen LogP contribution in [0.2, 0.25) is 0 Å². The molecule has 0 N–H and O–H groups in total. The van der Waals surface area contributed by atoms with Crippen molar-refractivity contribution in [3.05, 3.63) is 76.6 Å². The van der Waals surface area contributed by atoms with Crippen molar-refractivity contribution in [1.29, 1.82) is 0 Å². The highest BCUT2D eigenvalue weighted by molar-refractivity contribution is 5.62. The number of piperidine rings is 1. The average Bonchev–Trinajstić information content (AvgIpc) is 2.75. The molecule has 0 aromatic carbocycles. The summed E-state index contributed by atoms with van der Waals surface area (Å²) in [5, 5.41) is 0. The Kier molecular flexibility index (Phi) is 4.64. The van der Waals surface area contributed by atoms with Gasteiger partial charge in [-0.2, -0.15) is 0 Å². The Morgan fingerprint density at radius 1 is 1.10 bits per heavy atom. The van der Waals surface area contributed by atoms with Gasteiger partial charge in [-0.3, -0.25) is 14.7 Å². The number of pyridine rings is 3. The zero-order valence-corrected chi connectivity index (χ0v) is 16.5. The van der Waals surface area contributed by atoms with Crippen molar-refractivity contribution in [2.45, 2.75) is 25.4 Å². The molecule has 6 nitrogen and oxygen atoms in total. The zero-order chi connectivity index (χ0) is 19.8. The van der Waals surface area contributed by atoms with E-state index in [9.17, 15) is 4.79 Å². The fourth-order valence-electron chi connectivity index (χ4n) is 4.86. The first-order chi connectivity index (χ1) is 14.2. The number of rotatable bonds is 4. The van der Waals surface area contributed by atoms with E-state index in [1.165, 1.54) is 0 Å². The fourth-order valence-corrected chi connectivity index (χ4v) is 4.86. The summed E-state index contributed by atoms with van der Waals surface area (Å²) in [4.78, 5) is 23.9. The van der Waals surface area contributed by atoms with Gasteiger partial charge in [0.1, 0.15) is 0 Å². The molecule has 0 radical (unpaired) electrons. The Labute approximate surface area is 169 Å². The third-order valence-electron chi connectivity index (χ3n) is 6.06. The van der Waals surface area contributed by atoms with Gasteiger partial charge in [-0.05, 0) is 36.1 Å². The molecule has 2 aliphatic rings. The lowest BCUT2D eigenvalue weighted by atomic mass is 9.82. The van der Waals surface area contributed by atoms with Crippen molar-refractivity contribution in [3.63, 3.8) is 0 Å². The van der Waals surface area contributed by atoms with Crippen LogP contribution < -0.4 is 10.3 Å². The van der Waals surface area contributed by atoms with Crippen molar-refractivity contribution in [1.82, 2.24) is 19.4 Å². The van der Waals surface area contributed by atoms with Gasteiger partial charge in [-0.1, -0.05) is 12.1 Å². The van der Waals surface area contributed by atoms with Crippen LogP contribution in [0.5, 0.6) is 5.88 Å². The number of fused-ring (bicyclic) bond motifs is 4. The summed E-state index contributed by atoms with van der Waals surface area (Å²) in [6, 6.07) is 11.9. The number of ether oxygens (including phenoxy) is 1. The van der Waals surface area contributed by atoms with Crippen molar-refractivity contribution in [3.8, 4) is 17.0 Å². The van der Waals surface area contributed by atoms with Crippen molar-refractivity contribution >= 4 is 0 Å². The molecule has 0 saturated carbocycles. The van der Waals surface area contributed by atoms with Gasteiger partial charge >= 0.3 is 0 Å². The van der Waals surface area contributed by atoms with Crippen molar-refractivity contribution < 1.29 is 4.74 Å². The predicted octanol–water partition coefficient (Wildman–Crippen LogP) is 2.93. The first-order valence-corrected chi connectivity index (χ1v) is 10.1. The molecule has 5 heterocycles. The maximum absolute atomic E-state index is 12.8. The summed E-state index contributed by atoms with van der Waals surface area (Å²) in [6.07, 6.45) is 6.47. The Balaban J connectivity index is 1.45. The molecular weight excluding hydrogens is 364 g/mol. The van der Waals surface area contributed by atoms with E-state index in [1.54, 1.807) is 25.6 Å². The summed E-state index contributed by atoms with van der Waals surface area (Å²) in [6.45, 7) is 3.53. The molecule has 1 saturated heterocycles. The molecule has 0 spiro atoms. The first-order valence-electron chi connectivity index (χ1n) is 10.1. The number of likely N-dealkylation sites (tertiary alicyclic amines) is 1. The molecule has 29 heavy (non-hydrogen) atoms. The summed E-state index contributed by atoms with van der Waals surface area (Å²) in [5.41, 5.74) is 4.30. The van der Waals surface area contributed by atoms with E-state index >= 15 is 0 Å². The second kappa shape index (κ2) is 7.44. The third kappa shape index (κ3) is 3.44. The average molecular weight is 388 g/mol. The first kappa shape index (κ1) is 18.1. The molecule has 5 rings (SSSR count). The van der Waals surface area contributed by atoms with Gasteiger partial charge in [0.15, 0.2) is 0 Å². The minimum Gasteiger partial charge on any atom is -0.481 e. The van der Waals surface area contributed by atoms with Crippen molar-refractivity contribution in [2.75, 3.05) is 20.2 Å². The lowest BCUT2D eigenvalue weighted by molar-refractivity contribution is 0.113. The molecule has 2 aliphatic heterocycles. The lowest BCUT2D eigenvalue weighted by Gasteiger charge is -2.43. The fraction of sp³-hybridized carbons (Fsp3) is 0.348. The highest BCUT2D eigenvalue weighted by Gasteiger charge is 2.35. The van der Waals surface area contributed by atoms with Gasteiger partial charge in [0.05, 0.1) is 7.11 Å². The number of aromatic nitrogens is 3. The summed E-state index contributed by atoms with van der Waals surface area (Å²) < 4.78 is 7.42. The van der Waals surface area contributed by atoms with Crippen LogP contribution in [0, 0.1) is 5.92 Å². The van der Waals surface area contributed by atoms with Crippen LogP contribution in [0.1, 0.15) is 23.6 Å². The Morgan fingerprint density at radius 2 is 2.00 bits per heavy atom. The third-order valence-corrected chi connectivity index (χ3v) is 6.06. The van der Waals surface area contributed by atoms with Crippen LogP contribution in [0.4, 0.5) is 0 Å². The minimum absolute atomic E-state index is 0.0958. The van der Waals surface area contributed by atoms with Gasteiger partial charge in [-0.15, -0.1) is 0 Å². The number of hydrogen-bond donors (Lipinski definition) is 0. The molecule has 0 amide bonds. The van der Waals surface area contributed by atoms with Crippen LogP contribution in [-0.4, -0.2) is 39.6 Å². The molecule has 1 fully saturated rings. The topological polar surface area (TPSA) is 60.2 Å². The molecule has 2 bridgehead atoms. The molecule has 3 aromatic heterocycles. The summed E-state index contributed by atoms with van der Waals surface area (Å²) in [7, 11) is 1.67. The predicted molar refractivity (Wildman–Crippen MR) is 111 cm³/mol. The van der Waals surface area contributed by atoms with Gasteiger partial charge in [-0.25, -0.2) is 4.98 Å². The number of hydrogen-bond acceptors (Lipinski definition) is 5. The highest BCUT2D eigenvalue weighted by atomic mass is 16.5.